The largest absolute Gasteiger partial charge is 0.493 e. The second-order valence-electron chi connectivity index (χ2n) is 9.46. The molecule has 0 aliphatic carbocycles. The highest BCUT2D eigenvalue weighted by molar-refractivity contribution is 7.99. The summed E-state index contributed by atoms with van der Waals surface area (Å²) in [6.45, 7) is 0. The first-order chi connectivity index (χ1) is 21.4. The summed E-state index contributed by atoms with van der Waals surface area (Å²) in [6, 6.07) is 26.5. The fraction of sp³-hybridized carbons (Fsp3) is 0.118. The average molecular weight is 608 g/mol. The minimum Gasteiger partial charge on any atom is -0.493 e. The quantitative estimate of drug-likeness (QED) is 0.0838. The van der Waals surface area contributed by atoms with Gasteiger partial charge in [0.25, 0.3) is 5.56 Å². The minimum absolute atomic E-state index is 0.00315. The Morgan fingerprint density at radius 1 is 0.864 bits per heavy atom. The summed E-state index contributed by atoms with van der Waals surface area (Å²) in [4.78, 5) is 44.0. The van der Waals surface area contributed by atoms with Gasteiger partial charge in [-0.25, -0.2) is 4.98 Å². The van der Waals surface area contributed by atoms with Crippen molar-refractivity contribution < 1.29 is 23.8 Å². The van der Waals surface area contributed by atoms with Gasteiger partial charge in [0.1, 0.15) is 0 Å². The number of ketones is 1. The second-order valence-corrected chi connectivity index (χ2v) is 10.4. The highest BCUT2D eigenvalue weighted by Crippen LogP contribution is 2.38. The molecule has 1 aromatic heterocycles. The number of aromatic nitrogens is 2. The van der Waals surface area contributed by atoms with Crippen LogP contribution in [0, 0.1) is 0 Å². The number of carbonyl (C=O) groups is 2. The maximum Gasteiger partial charge on any atom is 0.266 e. The fourth-order valence-electron chi connectivity index (χ4n) is 4.56. The molecule has 9 nitrogen and oxygen atoms in total. The number of thioether (sulfide) groups is 1. The van der Waals surface area contributed by atoms with Crippen LogP contribution in [0.25, 0.3) is 22.7 Å². The number of nitrogens with one attached hydrogen (secondary N) is 1. The highest BCUT2D eigenvalue weighted by Gasteiger charge is 2.16. The number of para-hydroxylation sites is 2. The van der Waals surface area contributed by atoms with Crippen LogP contribution in [0.15, 0.2) is 107 Å². The van der Waals surface area contributed by atoms with Crippen molar-refractivity contribution in [3.05, 3.63) is 119 Å². The van der Waals surface area contributed by atoms with Crippen LogP contribution in [0.2, 0.25) is 0 Å². The molecule has 0 aliphatic rings. The molecule has 0 fully saturated rings. The number of methoxy groups -OCH3 is 3. The Labute approximate surface area is 258 Å². The predicted octanol–water partition coefficient (Wildman–Crippen LogP) is 6.04. The van der Waals surface area contributed by atoms with Crippen LogP contribution in [0.3, 0.4) is 0 Å². The van der Waals surface area contributed by atoms with Gasteiger partial charge in [0, 0.05) is 11.3 Å². The zero-order chi connectivity index (χ0) is 31.1. The third-order valence-corrected chi connectivity index (χ3v) is 7.58. The van der Waals surface area contributed by atoms with E-state index in [9.17, 15) is 14.4 Å². The van der Waals surface area contributed by atoms with Gasteiger partial charge in [-0.3, -0.25) is 19.0 Å². The van der Waals surface area contributed by atoms with Gasteiger partial charge in [-0.2, -0.15) is 0 Å². The molecule has 0 saturated carbocycles. The summed E-state index contributed by atoms with van der Waals surface area (Å²) in [5, 5.41) is 3.73. The molecule has 1 amide bonds. The Bertz CT molecular complexity index is 1900. The van der Waals surface area contributed by atoms with Gasteiger partial charge in [-0.05, 0) is 60.2 Å². The van der Waals surface area contributed by atoms with Gasteiger partial charge < -0.3 is 19.5 Å². The number of ether oxygens (including phenoxy) is 3. The van der Waals surface area contributed by atoms with Crippen LogP contribution in [0.4, 0.5) is 5.69 Å². The normalized spacial score (nSPS) is 11.0. The molecule has 0 saturated heterocycles. The molecule has 0 bridgehead atoms. The summed E-state index contributed by atoms with van der Waals surface area (Å²) in [7, 11) is 4.57. The molecule has 0 unspecified atom stereocenters. The van der Waals surface area contributed by atoms with E-state index in [1.54, 1.807) is 60.7 Å². The minimum atomic E-state index is -0.311. The second kappa shape index (κ2) is 13.7. The van der Waals surface area contributed by atoms with Crippen LogP contribution in [0.1, 0.15) is 15.9 Å². The van der Waals surface area contributed by atoms with Gasteiger partial charge in [-0.15, -0.1) is 0 Å². The first-order valence-corrected chi connectivity index (χ1v) is 14.5. The number of allylic oxidation sites excluding steroid dienone is 1. The molecule has 5 rings (SSSR count). The van der Waals surface area contributed by atoms with Crippen LogP contribution in [-0.4, -0.2) is 48.3 Å². The number of fused-ring (bicyclic) bond motifs is 1. The molecule has 5 aromatic rings. The van der Waals surface area contributed by atoms with Crippen molar-refractivity contribution in [2.24, 2.45) is 0 Å². The molecule has 1 N–H and O–H groups in total. The molecular formula is C34H29N3O6S. The van der Waals surface area contributed by atoms with Crippen molar-refractivity contribution in [3.8, 4) is 22.9 Å². The highest BCUT2D eigenvalue weighted by atomic mass is 32.2. The Balaban J connectivity index is 1.30. The Kier molecular flexibility index (Phi) is 9.41. The van der Waals surface area contributed by atoms with Gasteiger partial charge in [-0.1, -0.05) is 60.3 Å². The Morgan fingerprint density at radius 2 is 1.57 bits per heavy atom. The number of nitrogens with zero attached hydrogens (tertiary/aromatic N) is 2. The summed E-state index contributed by atoms with van der Waals surface area (Å²) < 4.78 is 17.6. The first-order valence-electron chi connectivity index (χ1n) is 13.5. The van der Waals surface area contributed by atoms with Crippen LogP contribution in [-0.2, 0) is 4.79 Å². The van der Waals surface area contributed by atoms with E-state index in [2.05, 4.69) is 10.3 Å². The van der Waals surface area contributed by atoms with Crippen LogP contribution >= 0.6 is 11.8 Å². The lowest BCUT2D eigenvalue weighted by Gasteiger charge is -2.13. The molecule has 0 radical (unpaired) electrons. The first kappa shape index (κ1) is 30.1. The van der Waals surface area contributed by atoms with Gasteiger partial charge >= 0.3 is 0 Å². The maximum absolute atomic E-state index is 13.4. The van der Waals surface area contributed by atoms with Gasteiger partial charge in [0.05, 0.1) is 43.7 Å². The fourth-order valence-corrected chi connectivity index (χ4v) is 5.37. The van der Waals surface area contributed by atoms with E-state index in [1.807, 2.05) is 36.4 Å². The SMILES string of the molecule is COc1cc(/C=C/C(=O)c2cccc(NC(=O)CSc3nc4ccccc4c(=O)n3-c3ccccc3)c2)cc(OC)c1OC. The van der Waals surface area contributed by atoms with Crippen molar-refractivity contribution in [2.45, 2.75) is 5.16 Å². The number of hydrogen-bond acceptors (Lipinski definition) is 8. The lowest BCUT2D eigenvalue weighted by Crippen LogP contribution is -2.23. The molecule has 4 aromatic carbocycles. The summed E-state index contributed by atoms with van der Waals surface area (Å²) in [5.74, 6) is 0.838. The number of benzene rings is 4. The zero-order valence-electron chi connectivity index (χ0n) is 24.3. The number of anilines is 1. The van der Waals surface area contributed by atoms with Crippen molar-refractivity contribution in [1.82, 2.24) is 9.55 Å². The van der Waals surface area contributed by atoms with Crippen LogP contribution in [0.5, 0.6) is 17.2 Å². The van der Waals surface area contributed by atoms with Crippen molar-refractivity contribution >= 4 is 46.1 Å². The van der Waals surface area contributed by atoms with Gasteiger partial charge in [0.2, 0.25) is 11.7 Å². The number of amides is 1. The Hall–Kier alpha value is -5.35. The Morgan fingerprint density at radius 3 is 2.27 bits per heavy atom. The van der Waals surface area contributed by atoms with Crippen molar-refractivity contribution in [3.63, 3.8) is 0 Å². The summed E-state index contributed by atoms with van der Waals surface area (Å²) >= 11 is 1.16. The van der Waals surface area contributed by atoms with E-state index in [0.717, 1.165) is 11.8 Å². The molecule has 0 atom stereocenters. The van der Waals surface area contributed by atoms with Crippen molar-refractivity contribution in [2.75, 3.05) is 32.4 Å². The topological polar surface area (TPSA) is 109 Å². The molecule has 0 aliphatic heterocycles. The molecular weight excluding hydrogens is 578 g/mol. The summed E-state index contributed by atoms with van der Waals surface area (Å²) in [5.41, 5.74) is 2.55. The lowest BCUT2D eigenvalue weighted by molar-refractivity contribution is -0.113. The van der Waals surface area contributed by atoms with E-state index in [4.69, 9.17) is 14.2 Å². The smallest absolute Gasteiger partial charge is 0.266 e. The standard InChI is InChI=1S/C34H29N3O6S/c1-41-29-18-22(19-30(42-2)32(29)43-3)16-17-28(38)23-10-9-11-24(20-23)35-31(39)21-44-34-36-27-15-8-7-14-26(27)33(40)37(34)25-12-5-4-6-13-25/h4-20H,21H2,1-3H3,(H,35,39)/b17-16+. The molecule has 1 heterocycles. The third-order valence-electron chi connectivity index (χ3n) is 6.64. The number of carbonyl (C=O) groups excluding carboxylic acids is 2. The number of hydrogen-bond donors (Lipinski definition) is 1. The van der Waals surface area contributed by atoms with E-state index in [-0.39, 0.29) is 23.0 Å². The van der Waals surface area contributed by atoms with E-state index in [1.165, 1.54) is 32.0 Å². The summed E-state index contributed by atoms with van der Waals surface area (Å²) in [6.07, 6.45) is 3.09. The maximum atomic E-state index is 13.4. The average Bonchev–Trinajstić information content (AvgIpc) is 3.06. The van der Waals surface area contributed by atoms with Crippen LogP contribution < -0.4 is 25.1 Å². The lowest BCUT2D eigenvalue weighted by atomic mass is 10.1. The number of rotatable bonds is 11. The molecule has 44 heavy (non-hydrogen) atoms. The van der Waals surface area contributed by atoms with E-state index in [0.29, 0.717) is 55.8 Å². The molecule has 10 heteroatoms. The monoisotopic (exact) mass is 607 g/mol. The molecule has 222 valence electrons. The van der Waals surface area contributed by atoms with Gasteiger partial charge in [0.15, 0.2) is 22.4 Å². The van der Waals surface area contributed by atoms with E-state index < -0.39 is 0 Å². The van der Waals surface area contributed by atoms with E-state index >= 15 is 0 Å². The molecule has 0 spiro atoms. The third kappa shape index (κ3) is 6.66. The zero-order valence-corrected chi connectivity index (χ0v) is 25.1. The van der Waals surface area contributed by atoms with Crippen molar-refractivity contribution in [1.29, 1.82) is 0 Å². The predicted molar refractivity (Wildman–Crippen MR) is 173 cm³/mol.